The van der Waals surface area contributed by atoms with Crippen molar-refractivity contribution in [1.29, 1.82) is 0 Å². The van der Waals surface area contributed by atoms with Crippen LogP contribution in [0.3, 0.4) is 0 Å². The molecule has 2 rings (SSSR count). The molecule has 1 aromatic rings. The predicted octanol–water partition coefficient (Wildman–Crippen LogP) is 1.52. The topological polar surface area (TPSA) is 32.3 Å². The van der Waals surface area contributed by atoms with E-state index in [1.54, 1.807) is 0 Å². The van der Waals surface area contributed by atoms with Crippen molar-refractivity contribution < 1.29 is 5.11 Å². The molecule has 1 aliphatic carbocycles. The van der Waals surface area contributed by atoms with Gasteiger partial charge in [0.2, 0.25) is 0 Å². The average molecular weight is 205 g/mol. The zero-order valence-corrected chi connectivity index (χ0v) is 9.29. The van der Waals surface area contributed by atoms with E-state index in [2.05, 4.69) is 36.5 Å². The molecule has 1 atom stereocenters. The fourth-order valence-electron chi connectivity index (χ4n) is 2.29. The lowest BCUT2D eigenvalue weighted by atomic mass is 9.80. The molecule has 0 fully saturated rings. The molecule has 0 aromatic heterocycles. The van der Waals surface area contributed by atoms with Gasteiger partial charge in [0.15, 0.2) is 0 Å². The van der Waals surface area contributed by atoms with Gasteiger partial charge >= 0.3 is 0 Å². The van der Waals surface area contributed by atoms with Gasteiger partial charge in [-0.1, -0.05) is 31.2 Å². The molecule has 0 saturated carbocycles. The molecule has 15 heavy (non-hydrogen) atoms. The molecular weight excluding hydrogens is 186 g/mol. The van der Waals surface area contributed by atoms with Gasteiger partial charge in [0.25, 0.3) is 0 Å². The number of rotatable bonds is 3. The summed E-state index contributed by atoms with van der Waals surface area (Å²) >= 11 is 0. The smallest absolute Gasteiger partial charge is 0.0814 e. The molecule has 1 aromatic carbocycles. The fourth-order valence-corrected chi connectivity index (χ4v) is 2.29. The maximum Gasteiger partial charge on any atom is 0.0814 e. The van der Waals surface area contributed by atoms with Crippen molar-refractivity contribution >= 4 is 0 Å². The molecule has 2 nitrogen and oxygen atoms in total. The number of likely N-dealkylation sites (N-methyl/N-ethyl adjacent to an activating group) is 1. The quantitative estimate of drug-likeness (QED) is 0.784. The largest absolute Gasteiger partial charge is 0.388 e. The first-order valence-electron chi connectivity index (χ1n) is 5.73. The Bertz CT molecular complexity index is 337. The standard InChI is InChI=1S/C13H19NO/c1-2-14-10-13(15)8-7-11-5-3-4-6-12(11)9-13/h3-6,14-15H,2,7-10H2,1H3. The van der Waals surface area contributed by atoms with Crippen LogP contribution in [0.1, 0.15) is 24.5 Å². The van der Waals surface area contributed by atoms with Gasteiger partial charge < -0.3 is 10.4 Å². The van der Waals surface area contributed by atoms with E-state index >= 15 is 0 Å². The number of aliphatic hydroxyl groups is 1. The number of hydrogen-bond donors (Lipinski definition) is 2. The van der Waals surface area contributed by atoms with Gasteiger partial charge in [-0.3, -0.25) is 0 Å². The Balaban J connectivity index is 2.10. The number of hydrogen-bond acceptors (Lipinski definition) is 2. The van der Waals surface area contributed by atoms with Crippen LogP contribution in [-0.4, -0.2) is 23.8 Å². The van der Waals surface area contributed by atoms with Crippen molar-refractivity contribution in [2.24, 2.45) is 0 Å². The van der Waals surface area contributed by atoms with E-state index in [0.717, 1.165) is 25.8 Å². The number of fused-ring (bicyclic) bond motifs is 1. The second-order valence-corrected chi connectivity index (χ2v) is 4.45. The highest BCUT2D eigenvalue weighted by Gasteiger charge is 2.31. The molecule has 0 spiro atoms. The van der Waals surface area contributed by atoms with Gasteiger partial charge in [0.05, 0.1) is 5.60 Å². The van der Waals surface area contributed by atoms with Crippen LogP contribution in [0.4, 0.5) is 0 Å². The van der Waals surface area contributed by atoms with E-state index < -0.39 is 5.60 Å². The fraction of sp³-hybridized carbons (Fsp3) is 0.538. The molecule has 0 saturated heterocycles. The van der Waals surface area contributed by atoms with Gasteiger partial charge in [-0.25, -0.2) is 0 Å². The number of nitrogens with one attached hydrogen (secondary N) is 1. The molecule has 0 amide bonds. The van der Waals surface area contributed by atoms with Gasteiger partial charge in [-0.05, 0) is 30.5 Å². The molecule has 2 N–H and O–H groups in total. The zero-order chi connectivity index (χ0) is 10.7. The molecule has 2 heteroatoms. The maximum absolute atomic E-state index is 10.4. The molecule has 0 radical (unpaired) electrons. The monoisotopic (exact) mass is 205 g/mol. The lowest BCUT2D eigenvalue weighted by molar-refractivity contribution is 0.0273. The summed E-state index contributed by atoms with van der Waals surface area (Å²) < 4.78 is 0. The second-order valence-electron chi connectivity index (χ2n) is 4.45. The Hall–Kier alpha value is -0.860. The van der Waals surface area contributed by atoms with Crippen LogP contribution in [0, 0.1) is 0 Å². The van der Waals surface area contributed by atoms with Crippen LogP contribution in [0.25, 0.3) is 0 Å². The van der Waals surface area contributed by atoms with Crippen LogP contribution < -0.4 is 5.32 Å². The van der Waals surface area contributed by atoms with Crippen molar-refractivity contribution in [3.8, 4) is 0 Å². The highest BCUT2D eigenvalue weighted by atomic mass is 16.3. The van der Waals surface area contributed by atoms with Gasteiger partial charge in [-0.2, -0.15) is 0 Å². The van der Waals surface area contributed by atoms with Crippen molar-refractivity contribution in [3.63, 3.8) is 0 Å². The van der Waals surface area contributed by atoms with Gasteiger partial charge in [0, 0.05) is 13.0 Å². The molecule has 0 bridgehead atoms. The van der Waals surface area contributed by atoms with Crippen molar-refractivity contribution in [2.75, 3.05) is 13.1 Å². The predicted molar refractivity (Wildman–Crippen MR) is 62.0 cm³/mol. The summed E-state index contributed by atoms with van der Waals surface area (Å²) in [5.74, 6) is 0. The SMILES string of the molecule is CCNCC1(O)CCc2ccccc2C1. The first-order chi connectivity index (χ1) is 7.23. The highest BCUT2D eigenvalue weighted by molar-refractivity contribution is 5.31. The third-order valence-corrected chi connectivity index (χ3v) is 3.20. The summed E-state index contributed by atoms with van der Waals surface area (Å²) in [6.45, 7) is 3.70. The normalized spacial score (nSPS) is 24.9. The lowest BCUT2D eigenvalue weighted by Gasteiger charge is -2.33. The summed E-state index contributed by atoms with van der Waals surface area (Å²) in [5, 5.41) is 13.6. The van der Waals surface area contributed by atoms with E-state index in [0.29, 0.717) is 6.54 Å². The van der Waals surface area contributed by atoms with Crippen molar-refractivity contribution in [3.05, 3.63) is 35.4 Å². The van der Waals surface area contributed by atoms with E-state index in [4.69, 9.17) is 0 Å². The Morgan fingerprint density at radius 3 is 2.80 bits per heavy atom. The zero-order valence-electron chi connectivity index (χ0n) is 9.29. The molecule has 1 unspecified atom stereocenters. The summed E-state index contributed by atoms with van der Waals surface area (Å²) in [7, 11) is 0. The molecule has 0 heterocycles. The minimum atomic E-state index is -0.537. The van der Waals surface area contributed by atoms with Crippen LogP contribution >= 0.6 is 0 Å². The minimum absolute atomic E-state index is 0.537. The van der Waals surface area contributed by atoms with Crippen LogP contribution in [-0.2, 0) is 12.8 Å². The van der Waals surface area contributed by atoms with Crippen LogP contribution in [0.15, 0.2) is 24.3 Å². The number of benzene rings is 1. The van der Waals surface area contributed by atoms with Gasteiger partial charge in [-0.15, -0.1) is 0 Å². The lowest BCUT2D eigenvalue weighted by Crippen LogP contribution is -2.45. The van der Waals surface area contributed by atoms with Gasteiger partial charge in [0.1, 0.15) is 0 Å². The van der Waals surface area contributed by atoms with Crippen molar-refractivity contribution in [2.45, 2.75) is 31.8 Å². The van der Waals surface area contributed by atoms with E-state index in [1.165, 1.54) is 11.1 Å². The third-order valence-electron chi connectivity index (χ3n) is 3.20. The molecule has 82 valence electrons. The maximum atomic E-state index is 10.4. The highest BCUT2D eigenvalue weighted by Crippen LogP contribution is 2.28. The number of aryl methyl sites for hydroxylation is 1. The minimum Gasteiger partial charge on any atom is -0.388 e. The molecule has 1 aliphatic rings. The summed E-state index contributed by atoms with van der Waals surface area (Å²) in [5.41, 5.74) is 2.17. The Kier molecular flexibility index (Phi) is 3.08. The molecular formula is C13H19NO. The Morgan fingerprint density at radius 2 is 2.07 bits per heavy atom. The Morgan fingerprint density at radius 1 is 1.33 bits per heavy atom. The van der Waals surface area contributed by atoms with E-state index in [-0.39, 0.29) is 0 Å². The Labute approximate surface area is 91.3 Å². The van der Waals surface area contributed by atoms with Crippen LogP contribution in [0.5, 0.6) is 0 Å². The second kappa shape index (κ2) is 4.33. The van der Waals surface area contributed by atoms with E-state index in [1.807, 2.05) is 0 Å². The first-order valence-corrected chi connectivity index (χ1v) is 5.73. The van der Waals surface area contributed by atoms with E-state index in [9.17, 15) is 5.11 Å². The summed E-state index contributed by atoms with van der Waals surface area (Å²) in [6, 6.07) is 8.43. The first kappa shape index (κ1) is 10.7. The van der Waals surface area contributed by atoms with Crippen molar-refractivity contribution in [1.82, 2.24) is 5.32 Å². The summed E-state index contributed by atoms with van der Waals surface area (Å²) in [6.07, 6.45) is 2.66. The van der Waals surface area contributed by atoms with Crippen LogP contribution in [0.2, 0.25) is 0 Å². The molecule has 0 aliphatic heterocycles. The summed E-state index contributed by atoms with van der Waals surface area (Å²) in [4.78, 5) is 0. The average Bonchev–Trinajstić information content (AvgIpc) is 2.26. The third kappa shape index (κ3) is 2.39.